The summed E-state index contributed by atoms with van der Waals surface area (Å²) < 4.78 is 13.5. The molecule has 1 atom stereocenters. The van der Waals surface area contributed by atoms with Gasteiger partial charge in [0.05, 0.1) is 0 Å². The highest BCUT2D eigenvalue weighted by atomic mass is 19.1. The summed E-state index contributed by atoms with van der Waals surface area (Å²) in [4.78, 5) is 4.97. The first kappa shape index (κ1) is 24.3. The summed E-state index contributed by atoms with van der Waals surface area (Å²) in [5, 5.41) is 11.7. The standard InChI is InChI=1S/C30H35FN2O/c1-25-10-12-27(13-11-25)30(34,28-14-16-29(31)17-15-28)18-6-20-33-23-21-32(22-24-33)19-5-9-26-7-3-2-4-8-26/h2-5,7-17,34H,6,18-24H2,1H3/b9-5+. The molecule has 4 rings (SSSR count). The van der Waals surface area contributed by atoms with Crippen LogP contribution in [0, 0.1) is 12.7 Å². The lowest BCUT2D eigenvalue weighted by atomic mass is 9.82. The van der Waals surface area contributed by atoms with Gasteiger partial charge in [0.15, 0.2) is 0 Å². The maximum Gasteiger partial charge on any atom is 0.123 e. The summed E-state index contributed by atoms with van der Waals surface area (Å²) in [7, 11) is 0. The fourth-order valence-electron chi connectivity index (χ4n) is 4.67. The molecule has 0 amide bonds. The number of hydrogen-bond donors (Lipinski definition) is 1. The molecular formula is C30H35FN2O. The molecule has 0 radical (unpaired) electrons. The lowest BCUT2D eigenvalue weighted by Gasteiger charge is -2.35. The van der Waals surface area contributed by atoms with E-state index in [-0.39, 0.29) is 5.82 Å². The zero-order chi connectivity index (χ0) is 23.8. The van der Waals surface area contributed by atoms with Crippen molar-refractivity contribution in [3.63, 3.8) is 0 Å². The zero-order valence-electron chi connectivity index (χ0n) is 20.0. The number of benzene rings is 3. The fourth-order valence-corrected chi connectivity index (χ4v) is 4.67. The van der Waals surface area contributed by atoms with Crippen LogP contribution in [0.2, 0.25) is 0 Å². The van der Waals surface area contributed by atoms with Crippen LogP contribution in [0.1, 0.15) is 35.1 Å². The lowest BCUT2D eigenvalue weighted by molar-refractivity contribution is 0.0611. The monoisotopic (exact) mass is 458 g/mol. The molecule has 0 spiro atoms. The Labute approximate surface area is 203 Å². The van der Waals surface area contributed by atoms with E-state index in [1.807, 2.05) is 37.3 Å². The van der Waals surface area contributed by atoms with E-state index in [2.05, 4.69) is 46.2 Å². The predicted octanol–water partition coefficient (Wildman–Crippen LogP) is 5.48. The van der Waals surface area contributed by atoms with Crippen LogP contribution in [0.3, 0.4) is 0 Å². The highest BCUT2D eigenvalue weighted by molar-refractivity contribution is 5.48. The number of halogens is 1. The number of rotatable bonds is 9. The molecule has 0 bridgehead atoms. The van der Waals surface area contributed by atoms with Gasteiger partial charge in [0.2, 0.25) is 0 Å². The Morgan fingerprint density at radius 2 is 1.41 bits per heavy atom. The van der Waals surface area contributed by atoms with E-state index in [1.54, 1.807) is 12.1 Å². The van der Waals surface area contributed by atoms with Gasteiger partial charge in [-0.2, -0.15) is 0 Å². The largest absolute Gasteiger partial charge is 0.380 e. The van der Waals surface area contributed by atoms with Gasteiger partial charge in [0.25, 0.3) is 0 Å². The number of hydrogen-bond acceptors (Lipinski definition) is 3. The zero-order valence-corrected chi connectivity index (χ0v) is 20.0. The summed E-state index contributed by atoms with van der Waals surface area (Å²) in [6.45, 7) is 8.15. The van der Waals surface area contributed by atoms with Crippen LogP contribution in [0.5, 0.6) is 0 Å². The van der Waals surface area contributed by atoms with Crippen molar-refractivity contribution in [1.82, 2.24) is 9.80 Å². The smallest absolute Gasteiger partial charge is 0.123 e. The summed E-state index contributed by atoms with van der Waals surface area (Å²) in [5.41, 5.74) is 2.88. The molecule has 178 valence electrons. The Balaban J connectivity index is 1.29. The van der Waals surface area contributed by atoms with Crippen LogP contribution in [0.25, 0.3) is 6.08 Å². The maximum atomic E-state index is 13.5. The number of aliphatic hydroxyl groups is 1. The van der Waals surface area contributed by atoms with Gasteiger partial charge in [0.1, 0.15) is 11.4 Å². The normalized spacial score (nSPS) is 17.1. The number of piperazine rings is 1. The summed E-state index contributed by atoms with van der Waals surface area (Å²) in [6.07, 6.45) is 5.90. The average molecular weight is 459 g/mol. The van der Waals surface area contributed by atoms with Crippen LogP contribution in [-0.4, -0.2) is 54.2 Å². The third-order valence-electron chi connectivity index (χ3n) is 6.80. The van der Waals surface area contributed by atoms with Crippen molar-refractivity contribution >= 4 is 6.08 Å². The van der Waals surface area contributed by atoms with Crippen molar-refractivity contribution in [2.45, 2.75) is 25.4 Å². The van der Waals surface area contributed by atoms with E-state index in [9.17, 15) is 9.50 Å². The van der Waals surface area contributed by atoms with Gasteiger partial charge in [-0.1, -0.05) is 84.4 Å². The third-order valence-corrected chi connectivity index (χ3v) is 6.80. The Hall–Kier alpha value is -2.79. The van der Waals surface area contributed by atoms with E-state index in [1.165, 1.54) is 17.7 Å². The van der Waals surface area contributed by atoms with E-state index in [0.717, 1.165) is 62.4 Å². The second kappa shape index (κ2) is 11.6. The quantitative estimate of drug-likeness (QED) is 0.460. The first-order valence-electron chi connectivity index (χ1n) is 12.2. The number of nitrogens with zero attached hydrogens (tertiary/aromatic N) is 2. The molecule has 3 aromatic rings. The molecular weight excluding hydrogens is 423 g/mol. The van der Waals surface area contributed by atoms with Crippen molar-refractivity contribution < 1.29 is 9.50 Å². The molecule has 1 aliphatic rings. The molecule has 1 N–H and O–H groups in total. The van der Waals surface area contributed by atoms with Gasteiger partial charge in [-0.3, -0.25) is 4.90 Å². The van der Waals surface area contributed by atoms with E-state index in [4.69, 9.17) is 0 Å². The van der Waals surface area contributed by atoms with Crippen LogP contribution >= 0.6 is 0 Å². The van der Waals surface area contributed by atoms with Gasteiger partial charge in [0, 0.05) is 32.7 Å². The Bertz CT molecular complexity index is 994. The van der Waals surface area contributed by atoms with Gasteiger partial charge >= 0.3 is 0 Å². The molecule has 0 saturated carbocycles. The molecule has 1 aliphatic heterocycles. The predicted molar refractivity (Wildman–Crippen MR) is 138 cm³/mol. The third kappa shape index (κ3) is 6.41. The molecule has 3 nitrogen and oxygen atoms in total. The molecule has 1 heterocycles. The summed E-state index contributed by atoms with van der Waals surface area (Å²) >= 11 is 0. The van der Waals surface area contributed by atoms with Crippen molar-refractivity contribution in [1.29, 1.82) is 0 Å². The number of aryl methyl sites for hydroxylation is 1. The summed E-state index contributed by atoms with van der Waals surface area (Å²) in [5.74, 6) is -0.286. The second-order valence-electron chi connectivity index (χ2n) is 9.29. The minimum Gasteiger partial charge on any atom is -0.380 e. The second-order valence-corrected chi connectivity index (χ2v) is 9.29. The Morgan fingerprint density at radius 1 is 0.824 bits per heavy atom. The van der Waals surface area contributed by atoms with Gasteiger partial charge in [-0.15, -0.1) is 0 Å². The molecule has 1 fully saturated rings. The van der Waals surface area contributed by atoms with E-state index < -0.39 is 5.60 Å². The molecule has 4 heteroatoms. The molecule has 3 aromatic carbocycles. The van der Waals surface area contributed by atoms with Crippen molar-refractivity contribution in [2.75, 3.05) is 39.3 Å². The molecule has 1 unspecified atom stereocenters. The lowest BCUT2D eigenvalue weighted by Crippen LogP contribution is -2.46. The van der Waals surface area contributed by atoms with Gasteiger partial charge in [-0.25, -0.2) is 4.39 Å². The molecule has 34 heavy (non-hydrogen) atoms. The van der Waals surface area contributed by atoms with Gasteiger partial charge < -0.3 is 10.0 Å². The van der Waals surface area contributed by atoms with Gasteiger partial charge in [-0.05, 0) is 55.1 Å². The van der Waals surface area contributed by atoms with Crippen molar-refractivity contribution in [3.8, 4) is 0 Å². The first-order valence-corrected chi connectivity index (χ1v) is 12.2. The van der Waals surface area contributed by atoms with E-state index >= 15 is 0 Å². The fraction of sp³-hybridized carbons (Fsp3) is 0.333. The average Bonchev–Trinajstić information content (AvgIpc) is 2.86. The Morgan fingerprint density at radius 3 is 2.06 bits per heavy atom. The first-order chi connectivity index (χ1) is 16.5. The maximum absolute atomic E-state index is 13.5. The molecule has 1 saturated heterocycles. The van der Waals surface area contributed by atoms with Crippen molar-refractivity contribution in [3.05, 3.63) is 113 Å². The molecule has 0 aliphatic carbocycles. The SMILES string of the molecule is Cc1ccc(C(O)(CCCN2CCN(C/C=C/c3ccccc3)CC2)c2ccc(F)cc2)cc1. The highest BCUT2D eigenvalue weighted by Crippen LogP contribution is 2.34. The van der Waals surface area contributed by atoms with Crippen molar-refractivity contribution in [2.24, 2.45) is 0 Å². The van der Waals surface area contributed by atoms with Crippen LogP contribution in [0.15, 0.2) is 84.9 Å². The highest BCUT2D eigenvalue weighted by Gasteiger charge is 2.31. The summed E-state index contributed by atoms with van der Waals surface area (Å²) in [6, 6.07) is 24.7. The minimum absolute atomic E-state index is 0.286. The van der Waals surface area contributed by atoms with E-state index in [0.29, 0.717) is 6.42 Å². The van der Waals surface area contributed by atoms with Crippen LogP contribution in [-0.2, 0) is 5.60 Å². The minimum atomic E-state index is -1.12. The molecule has 0 aromatic heterocycles. The Kier molecular flexibility index (Phi) is 8.28. The van der Waals surface area contributed by atoms with Crippen LogP contribution < -0.4 is 0 Å². The topological polar surface area (TPSA) is 26.7 Å². The van der Waals surface area contributed by atoms with Crippen LogP contribution in [0.4, 0.5) is 4.39 Å².